The third-order valence-corrected chi connectivity index (χ3v) is 4.22. The lowest BCUT2D eigenvalue weighted by Crippen LogP contribution is -1.98. The van der Waals surface area contributed by atoms with Gasteiger partial charge in [0.05, 0.1) is 7.11 Å². The minimum Gasteiger partial charge on any atom is -0.465 e. The number of thiazole rings is 1. The molecule has 0 fully saturated rings. The first-order chi connectivity index (χ1) is 9.10. The molecule has 0 amide bonds. The fourth-order valence-electron chi connectivity index (χ4n) is 1.38. The molecule has 2 aromatic rings. The van der Waals surface area contributed by atoms with E-state index in [-0.39, 0.29) is 5.15 Å². The lowest BCUT2D eigenvalue weighted by Gasteiger charge is -2.02. The third-order valence-electron chi connectivity index (χ3n) is 2.31. The number of anilines is 1. The van der Waals surface area contributed by atoms with E-state index in [4.69, 9.17) is 11.6 Å². The standard InChI is InChI=1S/C12H10BrClN2O2S/c1-18-11(17)9-10(14)16-12(19-9)15-6-7-2-4-8(13)5-3-7/h2-5H,6H2,1H3,(H,15,16). The first kappa shape index (κ1) is 14.3. The molecule has 100 valence electrons. The van der Waals surface area contributed by atoms with Crippen LogP contribution >= 0.6 is 38.9 Å². The molecule has 0 aliphatic heterocycles. The molecule has 0 unspecified atom stereocenters. The predicted octanol–water partition coefficient (Wildman–Crippen LogP) is 3.96. The highest BCUT2D eigenvalue weighted by molar-refractivity contribution is 9.10. The number of carbonyl (C=O) groups excluding carboxylic acids is 1. The monoisotopic (exact) mass is 360 g/mol. The van der Waals surface area contributed by atoms with Gasteiger partial charge in [-0.3, -0.25) is 0 Å². The minimum atomic E-state index is -0.473. The van der Waals surface area contributed by atoms with Crippen LogP contribution in [0, 0.1) is 0 Å². The largest absolute Gasteiger partial charge is 0.465 e. The molecule has 1 aromatic carbocycles. The molecule has 0 saturated carbocycles. The molecule has 0 bridgehead atoms. The summed E-state index contributed by atoms with van der Waals surface area (Å²) in [6.07, 6.45) is 0. The Morgan fingerprint density at radius 1 is 1.47 bits per heavy atom. The molecule has 4 nitrogen and oxygen atoms in total. The molecule has 7 heteroatoms. The molecule has 1 N–H and O–H groups in total. The molecule has 0 aliphatic rings. The maximum absolute atomic E-state index is 11.4. The van der Waals surface area contributed by atoms with E-state index in [1.807, 2.05) is 24.3 Å². The number of hydrogen-bond acceptors (Lipinski definition) is 5. The summed E-state index contributed by atoms with van der Waals surface area (Å²) >= 11 is 10.4. The number of benzene rings is 1. The second-order valence-corrected chi connectivity index (χ2v) is 5.88. The Labute approximate surface area is 127 Å². The first-order valence-corrected chi connectivity index (χ1v) is 7.32. The van der Waals surface area contributed by atoms with Crippen LogP contribution in [0.3, 0.4) is 0 Å². The maximum atomic E-state index is 11.4. The zero-order valence-electron chi connectivity index (χ0n) is 9.94. The quantitative estimate of drug-likeness (QED) is 0.838. The Kier molecular flexibility index (Phi) is 4.79. The van der Waals surface area contributed by atoms with E-state index in [0.717, 1.165) is 10.0 Å². The van der Waals surface area contributed by atoms with Crippen molar-refractivity contribution in [1.29, 1.82) is 0 Å². The van der Waals surface area contributed by atoms with E-state index in [0.29, 0.717) is 16.6 Å². The second-order valence-electron chi connectivity index (χ2n) is 3.61. The molecular weight excluding hydrogens is 352 g/mol. The topological polar surface area (TPSA) is 51.2 Å². The van der Waals surface area contributed by atoms with E-state index < -0.39 is 5.97 Å². The van der Waals surface area contributed by atoms with Gasteiger partial charge in [-0.25, -0.2) is 9.78 Å². The van der Waals surface area contributed by atoms with Crippen molar-refractivity contribution in [3.63, 3.8) is 0 Å². The highest BCUT2D eigenvalue weighted by atomic mass is 79.9. The Morgan fingerprint density at radius 3 is 2.79 bits per heavy atom. The van der Waals surface area contributed by atoms with Crippen LogP contribution in [0.4, 0.5) is 5.13 Å². The third kappa shape index (κ3) is 3.68. The number of ether oxygens (including phenoxy) is 1. The molecular formula is C12H10BrClN2O2S. The van der Waals surface area contributed by atoms with E-state index in [2.05, 4.69) is 31.0 Å². The predicted molar refractivity (Wildman–Crippen MR) is 79.9 cm³/mol. The normalized spacial score (nSPS) is 10.3. The van der Waals surface area contributed by atoms with Gasteiger partial charge in [0.1, 0.15) is 0 Å². The van der Waals surface area contributed by atoms with E-state index in [1.165, 1.54) is 18.4 Å². The average molecular weight is 362 g/mol. The molecule has 2 rings (SSSR count). The summed E-state index contributed by atoms with van der Waals surface area (Å²) in [5.41, 5.74) is 1.11. The second kappa shape index (κ2) is 6.36. The molecule has 1 aromatic heterocycles. The van der Waals surface area contributed by atoms with Crippen molar-refractivity contribution in [1.82, 2.24) is 4.98 Å². The van der Waals surface area contributed by atoms with Gasteiger partial charge in [-0.2, -0.15) is 0 Å². The van der Waals surface area contributed by atoms with Crippen LogP contribution in [-0.4, -0.2) is 18.1 Å². The molecule has 1 heterocycles. The van der Waals surface area contributed by atoms with Crippen molar-refractivity contribution in [3.05, 3.63) is 44.3 Å². The number of rotatable bonds is 4. The van der Waals surface area contributed by atoms with Crippen LogP contribution in [0.15, 0.2) is 28.7 Å². The average Bonchev–Trinajstić information content (AvgIpc) is 2.78. The molecule has 0 radical (unpaired) electrons. The van der Waals surface area contributed by atoms with Gasteiger partial charge in [0, 0.05) is 11.0 Å². The van der Waals surface area contributed by atoms with E-state index in [9.17, 15) is 4.79 Å². The van der Waals surface area contributed by atoms with E-state index in [1.54, 1.807) is 0 Å². The highest BCUT2D eigenvalue weighted by Crippen LogP contribution is 2.27. The Hall–Kier alpha value is -1.11. The fraction of sp³-hybridized carbons (Fsp3) is 0.167. The molecule has 0 aliphatic carbocycles. The number of nitrogens with zero attached hydrogens (tertiary/aromatic N) is 1. The summed E-state index contributed by atoms with van der Waals surface area (Å²) in [6.45, 7) is 0.609. The summed E-state index contributed by atoms with van der Waals surface area (Å²) < 4.78 is 5.65. The number of esters is 1. The Balaban J connectivity index is 2.04. The summed E-state index contributed by atoms with van der Waals surface area (Å²) in [5, 5.41) is 3.87. The lowest BCUT2D eigenvalue weighted by atomic mass is 10.2. The summed E-state index contributed by atoms with van der Waals surface area (Å²) in [7, 11) is 1.31. The number of methoxy groups -OCH3 is 1. The summed E-state index contributed by atoms with van der Waals surface area (Å²) in [4.78, 5) is 15.8. The van der Waals surface area contributed by atoms with Gasteiger partial charge < -0.3 is 10.1 Å². The van der Waals surface area contributed by atoms with Crippen molar-refractivity contribution in [2.24, 2.45) is 0 Å². The van der Waals surface area contributed by atoms with Gasteiger partial charge in [-0.1, -0.05) is 51.0 Å². The fourth-order valence-corrected chi connectivity index (χ4v) is 2.74. The highest BCUT2D eigenvalue weighted by Gasteiger charge is 2.16. The molecule has 0 saturated heterocycles. The zero-order chi connectivity index (χ0) is 13.8. The molecule has 19 heavy (non-hydrogen) atoms. The smallest absolute Gasteiger partial charge is 0.351 e. The zero-order valence-corrected chi connectivity index (χ0v) is 13.1. The van der Waals surface area contributed by atoms with Gasteiger partial charge in [0.2, 0.25) is 0 Å². The van der Waals surface area contributed by atoms with Gasteiger partial charge in [-0.05, 0) is 17.7 Å². The number of hydrogen-bond donors (Lipinski definition) is 1. The SMILES string of the molecule is COC(=O)c1sc(NCc2ccc(Br)cc2)nc1Cl. The van der Waals surface area contributed by atoms with Crippen LogP contribution in [0.25, 0.3) is 0 Å². The van der Waals surface area contributed by atoms with Crippen molar-refractivity contribution in [2.45, 2.75) is 6.54 Å². The number of aromatic nitrogens is 1. The Bertz CT molecular complexity index is 586. The van der Waals surface area contributed by atoms with Crippen molar-refractivity contribution in [3.8, 4) is 0 Å². The number of halogens is 2. The van der Waals surface area contributed by atoms with Crippen LogP contribution in [-0.2, 0) is 11.3 Å². The molecule has 0 atom stereocenters. The number of carbonyl (C=O) groups is 1. The number of nitrogens with one attached hydrogen (secondary N) is 1. The van der Waals surface area contributed by atoms with Crippen LogP contribution < -0.4 is 5.32 Å². The first-order valence-electron chi connectivity index (χ1n) is 5.33. The summed E-state index contributed by atoms with van der Waals surface area (Å²) in [5.74, 6) is -0.473. The van der Waals surface area contributed by atoms with Gasteiger partial charge in [0.15, 0.2) is 15.2 Å². The minimum absolute atomic E-state index is 0.162. The van der Waals surface area contributed by atoms with Gasteiger partial charge >= 0.3 is 5.97 Å². The van der Waals surface area contributed by atoms with Crippen molar-refractivity contribution < 1.29 is 9.53 Å². The van der Waals surface area contributed by atoms with Crippen LogP contribution in [0.5, 0.6) is 0 Å². The van der Waals surface area contributed by atoms with E-state index >= 15 is 0 Å². The van der Waals surface area contributed by atoms with Crippen LogP contribution in [0.1, 0.15) is 15.2 Å². The summed E-state index contributed by atoms with van der Waals surface area (Å²) in [6, 6.07) is 7.92. The van der Waals surface area contributed by atoms with Gasteiger partial charge in [-0.15, -0.1) is 0 Å². The van der Waals surface area contributed by atoms with Crippen molar-refractivity contribution in [2.75, 3.05) is 12.4 Å². The van der Waals surface area contributed by atoms with Gasteiger partial charge in [0.25, 0.3) is 0 Å². The lowest BCUT2D eigenvalue weighted by molar-refractivity contribution is 0.0606. The Morgan fingerprint density at radius 2 is 2.16 bits per heavy atom. The molecule has 0 spiro atoms. The van der Waals surface area contributed by atoms with Crippen molar-refractivity contribution >= 4 is 50.0 Å². The maximum Gasteiger partial charge on any atom is 0.351 e. The van der Waals surface area contributed by atoms with Crippen LogP contribution in [0.2, 0.25) is 5.15 Å².